The summed E-state index contributed by atoms with van der Waals surface area (Å²) >= 11 is 0. The minimum Gasteiger partial charge on any atom is -0.388 e. The monoisotopic (exact) mass is 381 g/mol. The van der Waals surface area contributed by atoms with Gasteiger partial charge in [0.25, 0.3) is 0 Å². The third-order valence-corrected chi connectivity index (χ3v) is 5.69. The molecule has 2 aromatic heterocycles. The van der Waals surface area contributed by atoms with Crippen LogP contribution < -0.4 is 0 Å². The van der Waals surface area contributed by atoms with Crippen LogP contribution in [-0.4, -0.2) is 19.6 Å². The molecule has 4 heteroatoms. The van der Waals surface area contributed by atoms with Gasteiger partial charge in [0.1, 0.15) is 12.4 Å². The smallest absolute Gasteiger partial charge is 0.136 e. The number of hydrogen-bond acceptors (Lipinski definition) is 2. The number of aryl methyl sites for hydroxylation is 2. The van der Waals surface area contributed by atoms with Crippen LogP contribution in [0.5, 0.6) is 0 Å². The molecule has 2 N–H and O–H groups in total. The van der Waals surface area contributed by atoms with Crippen molar-refractivity contribution in [2.24, 2.45) is 0 Å². The minimum atomic E-state index is -0.0800. The Morgan fingerprint density at radius 3 is 2.62 bits per heavy atom. The number of nitrogens with zero attached hydrogens (tertiary/aromatic N) is 2. The van der Waals surface area contributed by atoms with Crippen molar-refractivity contribution >= 4 is 21.9 Å². The molecule has 0 unspecified atom stereocenters. The lowest BCUT2D eigenvalue weighted by molar-refractivity contribution is 0.267. The lowest BCUT2D eigenvalue weighted by Crippen LogP contribution is -2.06. The van der Waals surface area contributed by atoms with Gasteiger partial charge < -0.3 is 14.7 Å². The second-order valence-corrected chi connectivity index (χ2v) is 7.69. The van der Waals surface area contributed by atoms with Gasteiger partial charge in [-0.2, -0.15) is 0 Å². The van der Waals surface area contributed by atoms with Crippen LogP contribution >= 0.6 is 0 Å². The number of fused-ring (bicyclic) bond motifs is 2. The molecule has 0 radical (unpaired) electrons. The minimum absolute atomic E-state index is 0.0800. The maximum absolute atomic E-state index is 9.91. The largest absolute Gasteiger partial charge is 0.388 e. The molecular formula is C25H23N3O. The molecule has 0 amide bonds. The van der Waals surface area contributed by atoms with E-state index in [0.29, 0.717) is 12.4 Å². The quantitative estimate of drug-likeness (QED) is 0.441. The number of H-pyrrole nitrogens is 1. The number of aromatic nitrogens is 3. The highest BCUT2D eigenvalue weighted by atomic mass is 16.3. The zero-order valence-electron chi connectivity index (χ0n) is 16.6. The first kappa shape index (κ1) is 17.7. The Hall–Kier alpha value is -3.37. The summed E-state index contributed by atoms with van der Waals surface area (Å²) in [6.07, 6.45) is 1.96. The van der Waals surface area contributed by atoms with Crippen LogP contribution in [0.2, 0.25) is 0 Å². The van der Waals surface area contributed by atoms with Crippen molar-refractivity contribution in [2.75, 3.05) is 0 Å². The Kier molecular flexibility index (Phi) is 4.22. The third kappa shape index (κ3) is 3.12. The van der Waals surface area contributed by atoms with E-state index in [0.717, 1.165) is 27.7 Å². The van der Waals surface area contributed by atoms with E-state index >= 15 is 0 Å². The summed E-state index contributed by atoms with van der Waals surface area (Å²) in [5.41, 5.74) is 9.10. The zero-order chi connectivity index (χ0) is 20.0. The average Bonchev–Trinajstić information content (AvgIpc) is 3.34. The second-order valence-electron chi connectivity index (χ2n) is 7.69. The maximum Gasteiger partial charge on any atom is 0.136 e. The molecule has 0 spiro atoms. The molecule has 4 nitrogen and oxygen atoms in total. The molecule has 0 saturated carbocycles. The van der Waals surface area contributed by atoms with Gasteiger partial charge in [-0.1, -0.05) is 42.0 Å². The van der Waals surface area contributed by atoms with Crippen molar-refractivity contribution in [1.82, 2.24) is 14.5 Å². The van der Waals surface area contributed by atoms with Crippen molar-refractivity contribution in [2.45, 2.75) is 27.0 Å². The van der Waals surface area contributed by atoms with E-state index in [1.807, 2.05) is 12.3 Å². The van der Waals surface area contributed by atoms with Crippen molar-refractivity contribution in [3.8, 4) is 11.1 Å². The van der Waals surface area contributed by atoms with E-state index in [1.165, 1.54) is 22.1 Å². The molecule has 0 aliphatic heterocycles. The highest BCUT2D eigenvalue weighted by Crippen LogP contribution is 2.28. The van der Waals surface area contributed by atoms with Gasteiger partial charge >= 0.3 is 0 Å². The predicted molar refractivity (Wildman–Crippen MR) is 118 cm³/mol. The number of rotatable bonds is 4. The van der Waals surface area contributed by atoms with Crippen LogP contribution in [0.15, 0.2) is 66.9 Å². The standard InChI is InChI=1S/C25H23N3O/c1-16-3-4-17(2)21(11-16)14-28-24-13-20(7-8-22(24)27-25(28)15-29)19-6-5-18-9-10-26-23(18)12-19/h3-13,26,29H,14-15H2,1-2H3. The number of hydrogen-bond donors (Lipinski definition) is 2. The number of nitrogens with one attached hydrogen (secondary N) is 1. The number of imidazole rings is 1. The van der Waals surface area contributed by atoms with E-state index in [9.17, 15) is 5.11 Å². The van der Waals surface area contributed by atoms with Gasteiger partial charge in [0.05, 0.1) is 11.0 Å². The molecule has 0 fully saturated rings. The summed E-state index contributed by atoms with van der Waals surface area (Å²) < 4.78 is 2.13. The van der Waals surface area contributed by atoms with Crippen LogP contribution in [0, 0.1) is 13.8 Å². The summed E-state index contributed by atoms with van der Waals surface area (Å²) in [5.74, 6) is 0.692. The second kappa shape index (κ2) is 6.90. The first-order valence-corrected chi connectivity index (χ1v) is 9.86. The topological polar surface area (TPSA) is 53.8 Å². The van der Waals surface area contributed by atoms with Gasteiger partial charge in [0.15, 0.2) is 0 Å². The molecule has 2 heterocycles. The molecule has 5 rings (SSSR count). The Labute approximate surface area is 169 Å². The lowest BCUT2D eigenvalue weighted by Gasteiger charge is -2.12. The Morgan fingerprint density at radius 2 is 1.76 bits per heavy atom. The van der Waals surface area contributed by atoms with Gasteiger partial charge in [-0.15, -0.1) is 0 Å². The molecule has 5 aromatic rings. The van der Waals surface area contributed by atoms with Gasteiger partial charge in [0.2, 0.25) is 0 Å². The highest BCUT2D eigenvalue weighted by molar-refractivity contribution is 5.88. The summed E-state index contributed by atoms with van der Waals surface area (Å²) in [5, 5.41) is 11.1. The van der Waals surface area contributed by atoms with Crippen molar-refractivity contribution in [3.63, 3.8) is 0 Å². The molecule has 29 heavy (non-hydrogen) atoms. The zero-order valence-corrected chi connectivity index (χ0v) is 16.6. The molecule has 0 aliphatic rings. The van der Waals surface area contributed by atoms with E-state index in [4.69, 9.17) is 0 Å². The van der Waals surface area contributed by atoms with E-state index < -0.39 is 0 Å². The van der Waals surface area contributed by atoms with Crippen molar-refractivity contribution < 1.29 is 5.11 Å². The number of aromatic amines is 1. The fraction of sp³-hybridized carbons (Fsp3) is 0.160. The number of aliphatic hydroxyl groups excluding tert-OH is 1. The maximum atomic E-state index is 9.91. The van der Waals surface area contributed by atoms with E-state index in [1.54, 1.807) is 0 Å². The summed E-state index contributed by atoms with van der Waals surface area (Å²) in [6, 6.07) is 21.4. The van der Waals surface area contributed by atoms with Gasteiger partial charge in [0, 0.05) is 18.3 Å². The van der Waals surface area contributed by atoms with Crippen LogP contribution in [-0.2, 0) is 13.2 Å². The summed E-state index contributed by atoms with van der Waals surface area (Å²) in [7, 11) is 0. The van der Waals surface area contributed by atoms with E-state index in [2.05, 4.69) is 83.0 Å². The number of aliphatic hydroxyl groups is 1. The summed E-state index contributed by atoms with van der Waals surface area (Å²) in [4.78, 5) is 7.95. The average molecular weight is 381 g/mol. The Balaban J connectivity index is 1.64. The molecule has 0 saturated heterocycles. The Morgan fingerprint density at radius 1 is 0.931 bits per heavy atom. The fourth-order valence-corrected chi connectivity index (χ4v) is 4.02. The van der Waals surface area contributed by atoms with Crippen LogP contribution in [0.25, 0.3) is 33.1 Å². The molecule has 3 aromatic carbocycles. The normalized spacial score (nSPS) is 11.6. The van der Waals surface area contributed by atoms with Crippen LogP contribution in [0.4, 0.5) is 0 Å². The highest BCUT2D eigenvalue weighted by Gasteiger charge is 2.13. The first-order chi connectivity index (χ1) is 14.1. The van der Waals surface area contributed by atoms with E-state index in [-0.39, 0.29) is 6.61 Å². The van der Waals surface area contributed by atoms with Gasteiger partial charge in [-0.05, 0) is 65.8 Å². The predicted octanol–water partition coefficient (Wildman–Crippen LogP) is 5.34. The molecule has 0 aliphatic carbocycles. The fourth-order valence-electron chi connectivity index (χ4n) is 4.02. The molecule has 0 bridgehead atoms. The SMILES string of the molecule is Cc1ccc(C)c(Cn2c(CO)nc3ccc(-c4ccc5cc[nH]c5c4)cc32)c1. The lowest BCUT2D eigenvalue weighted by atomic mass is 10.0. The first-order valence-electron chi connectivity index (χ1n) is 9.86. The Bertz CT molecular complexity index is 1340. The summed E-state index contributed by atoms with van der Waals surface area (Å²) in [6.45, 7) is 4.85. The number of benzene rings is 3. The van der Waals surface area contributed by atoms with Crippen molar-refractivity contribution in [1.29, 1.82) is 0 Å². The van der Waals surface area contributed by atoms with Crippen LogP contribution in [0.1, 0.15) is 22.5 Å². The van der Waals surface area contributed by atoms with Gasteiger partial charge in [-0.3, -0.25) is 0 Å². The molecule has 144 valence electrons. The van der Waals surface area contributed by atoms with Crippen LogP contribution in [0.3, 0.4) is 0 Å². The molecule has 0 atom stereocenters. The van der Waals surface area contributed by atoms with Gasteiger partial charge in [-0.25, -0.2) is 4.98 Å². The third-order valence-electron chi connectivity index (χ3n) is 5.69. The van der Waals surface area contributed by atoms with Crippen molar-refractivity contribution in [3.05, 3.63) is 89.4 Å². The molecular weight excluding hydrogens is 358 g/mol.